The predicted octanol–water partition coefficient (Wildman–Crippen LogP) is 2.16. The van der Waals surface area contributed by atoms with E-state index < -0.39 is 5.76 Å². The Hall–Kier alpha value is -3.20. The molecule has 3 heterocycles. The summed E-state index contributed by atoms with van der Waals surface area (Å²) in [5.74, 6) is 0.167. The predicted molar refractivity (Wildman–Crippen MR) is 106 cm³/mol. The molecule has 0 amide bonds. The zero-order valence-corrected chi connectivity index (χ0v) is 15.9. The fourth-order valence-electron chi connectivity index (χ4n) is 3.34. The van der Waals surface area contributed by atoms with Crippen LogP contribution in [0, 0.1) is 5.82 Å². The Morgan fingerprint density at radius 2 is 1.97 bits per heavy atom. The molecule has 1 aliphatic rings. The van der Waals surface area contributed by atoms with Crippen molar-refractivity contribution in [1.82, 2.24) is 20.0 Å². The molecule has 1 N–H and O–H groups in total. The number of aromatic amines is 1. The van der Waals surface area contributed by atoms with Crippen LogP contribution in [0.25, 0.3) is 11.5 Å². The van der Waals surface area contributed by atoms with Crippen molar-refractivity contribution >= 4 is 5.69 Å². The Labute approximate surface area is 166 Å². The molecule has 2 aromatic heterocycles. The second kappa shape index (κ2) is 8.87. The summed E-state index contributed by atoms with van der Waals surface area (Å²) in [5.41, 5.74) is 1.19. The summed E-state index contributed by atoms with van der Waals surface area (Å²) >= 11 is 0. The van der Waals surface area contributed by atoms with Gasteiger partial charge in [-0.25, -0.2) is 14.2 Å². The van der Waals surface area contributed by atoms with Crippen molar-refractivity contribution < 1.29 is 13.7 Å². The maximum absolute atomic E-state index is 13.9. The molecular weight excluding hydrogens is 377 g/mol. The average molecular weight is 399 g/mol. The lowest BCUT2D eigenvalue weighted by atomic mass is 10.2. The summed E-state index contributed by atoms with van der Waals surface area (Å²) in [4.78, 5) is 22.1. The number of para-hydroxylation sites is 1. The number of aromatic nitrogens is 3. The average Bonchev–Trinajstić information content (AvgIpc) is 3.19. The van der Waals surface area contributed by atoms with Crippen LogP contribution in [0.4, 0.5) is 10.1 Å². The Kier molecular flexibility index (Phi) is 5.85. The first-order chi connectivity index (χ1) is 14.2. The van der Waals surface area contributed by atoms with Crippen LogP contribution in [-0.2, 0) is 0 Å². The molecule has 0 radical (unpaired) electrons. The minimum atomic E-state index is -0.614. The Balaban J connectivity index is 1.18. The Morgan fingerprint density at radius 1 is 1.14 bits per heavy atom. The zero-order chi connectivity index (χ0) is 20.1. The molecule has 0 saturated carbocycles. The largest absolute Gasteiger partial charge is 0.492 e. The van der Waals surface area contributed by atoms with Crippen LogP contribution in [0.15, 0.2) is 51.9 Å². The van der Waals surface area contributed by atoms with Crippen molar-refractivity contribution in [3.63, 3.8) is 0 Å². The summed E-state index contributed by atoms with van der Waals surface area (Å²) in [5, 5.41) is 3.60. The number of nitrogens with one attached hydrogen (secondary N) is 1. The highest BCUT2D eigenvalue weighted by Crippen LogP contribution is 2.20. The van der Waals surface area contributed by atoms with E-state index in [0.717, 1.165) is 39.1 Å². The third-order valence-electron chi connectivity index (χ3n) is 4.87. The fourth-order valence-corrected chi connectivity index (χ4v) is 3.34. The molecule has 0 aliphatic carbocycles. The van der Waals surface area contributed by atoms with Crippen molar-refractivity contribution in [1.29, 1.82) is 0 Å². The van der Waals surface area contributed by atoms with Gasteiger partial charge in [0.25, 0.3) is 0 Å². The number of nitrogens with zero attached hydrogens (tertiary/aromatic N) is 4. The minimum Gasteiger partial charge on any atom is -0.492 e. The van der Waals surface area contributed by atoms with Gasteiger partial charge < -0.3 is 9.64 Å². The molecule has 0 atom stereocenters. The van der Waals surface area contributed by atoms with Gasteiger partial charge in [0, 0.05) is 32.7 Å². The summed E-state index contributed by atoms with van der Waals surface area (Å²) in [6.45, 7) is 4.95. The van der Waals surface area contributed by atoms with E-state index in [1.165, 1.54) is 6.07 Å². The summed E-state index contributed by atoms with van der Waals surface area (Å²) in [7, 11) is 0. The van der Waals surface area contributed by atoms with Crippen molar-refractivity contribution in [3.8, 4) is 17.3 Å². The molecule has 1 aromatic carbocycles. The number of pyridine rings is 1. The fraction of sp³-hybridized carbons (Fsp3) is 0.350. The topological polar surface area (TPSA) is 87.5 Å². The van der Waals surface area contributed by atoms with Gasteiger partial charge in [0.15, 0.2) is 0 Å². The van der Waals surface area contributed by atoms with E-state index in [1.807, 2.05) is 12.1 Å². The number of ether oxygens (including phenoxy) is 1. The van der Waals surface area contributed by atoms with Crippen molar-refractivity contribution in [2.75, 3.05) is 44.2 Å². The van der Waals surface area contributed by atoms with Crippen LogP contribution in [0.2, 0.25) is 0 Å². The van der Waals surface area contributed by atoms with Gasteiger partial charge in [-0.2, -0.15) is 0 Å². The lowest BCUT2D eigenvalue weighted by Gasteiger charge is -2.36. The van der Waals surface area contributed by atoms with E-state index in [0.29, 0.717) is 23.7 Å². The number of hydrogen-bond acceptors (Lipinski definition) is 7. The maximum Gasteiger partial charge on any atom is 0.439 e. The number of rotatable bonds is 7. The number of anilines is 1. The minimum absolute atomic E-state index is 0.163. The van der Waals surface area contributed by atoms with E-state index in [1.54, 1.807) is 24.4 Å². The molecule has 3 aromatic rings. The summed E-state index contributed by atoms with van der Waals surface area (Å²) < 4.78 is 24.1. The highest BCUT2D eigenvalue weighted by Gasteiger charge is 2.18. The summed E-state index contributed by atoms with van der Waals surface area (Å²) in [6.07, 6.45) is 2.48. The summed E-state index contributed by atoms with van der Waals surface area (Å²) in [6, 6.07) is 10.4. The van der Waals surface area contributed by atoms with Crippen molar-refractivity contribution in [3.05, 3.63) is 59.0 Å². The lowest BCUT2D eigenvalue weighted by molar-refractivity contribution is 0.224. The number of hydrogen-bond donors (Lipinski definition) is 1. The Morgan fingerprint density at radius 3 is 2.66 bits per heavy atom. The number of H-pyrrole nitrogens is 1. The molecule has 0 unspecified atom stereocenters. The van der Waals surface area contributed by atoms with Crippen molar-refractivity contribution in [2.24, 2.45) is 0 Å². The van der Waals surface area contributed by atoms with Gasteiger partial charge in [0.1, 0.15) is 17.3 Å². The van der Waals surface area contributed by atoms with E-state index in [4.69, 9.17) is 4.74 Å². The van der Waals surface area contributed by atoms with Crippen LogP contribution in [0.5, 0.6) is 5.75 Å². The first-order valence-corrected chi connectivity index (χ1v) is 9.56. The number of halogens is 1. The van der Waals surface area contributed by atoms with Gasteiger partial charge in [0.2, 0.25) is 5.82 Å². The van der Waals surface area contributed by atoms with Gasteiger partial charge in [0.05, 0.1) is 18.5 Å². The molecule has 0 spiro atoms. The molecule has 1 aliphatic heterocycles. The van der Waals surface area contributed by atoms with Gasteiger partial charge >= 0.3 is 5.76 Å². The zero-order valence-electron chi connectivity index (χ0n) is 15.9. The first-order valence-electron chi connectivity index (χ1n) is 9.56. The molecule has 4 rings (SSSR count). The third-order valence-corrected chi connectivity index (χ3v) is 4.87. The molecule has 1 saturated heterocycles. The van der Waals surface area contributed by atoms with E-state index >= 15 is 0 Å². The quantitative estimate of drug-likeness (QED) is 0.609. The monoisotopic (exact) mass is 399 g/mol. The molecule has 9 heteroatoms. The third kappa shape index (κ3) is 4.80. The van der Waals surface area contributed by atoms with Crippen LogP contribution in [0.3, 0.4) is 0 Å². The van der Waals surface area contributed by atoms with Crippen LogP contribution in [-0.4, -0.2) is 59.4 Å². The van der Waals surface area contributed by atoms with Crippen LogP contribution in [0.1, 0.15) is 6.42 Å². The molecular formula is C20H22FN5O3. The molecule has 152 valence electrons. The molecule has 8 nitrogen and oxygen atoms in total. The molecule has 29 heavy (non-hydrogen) atoms. The van der Waals surface area contributed by atoms with Gasteiger partial charge in [-0.05, 0) is 30.7 Å². The highest BCUT2D eigenvalue weighted by atomic mass is 19.1. The molecule has 1 fully saturated rings. The van der Waals surface area contributed by atoms with E-state index in [-0.39, 0.29) is 11.6 Å². The van der Waals surface area contributed by atoms with E-state index in [9.17, 15) is 9.18 Å². The number of benzene rings is 1. The number of piperazine rings is 1. The second-order valence-electron chi connectivity index (χ2n) is 6.80. The lowest BCUT2D eigenvalue weighted by Crippen LogP contribution is -2.47. The van der Waals surface area contributed by atoms with E-state index in [2.05, 4.69) is 29.4 Å². The maximum atomic E-state index is 13.9. The van der Waals surface area contributed by atoms with Crippen molar-refractivity contribution in [2.45, 2.75) is 6.42 Å². The molecule has 0 bridgehead atoms. The smallest absolute Gasteiger partial charge is 0.439 e. The first kappa shape index (κ1) is 19.1. The van der Waals surface area contributed by atoms with Gasteiger partial charge in [-0.15, -0.1) is 0 Å². The van der Waals surface area contributed by atoms with Crippen LogP contribution >= 0.6 is 0 Å². The highest BCUT2D eigenvalue weighted by molar-refractivity contribution is 5.49. The standard InChI is InChI=1S/C20H22FN5O3/c21-16-4-1-2-5-18(16)26-11-9-25(10-12-26)8-3-13-28-15-6-7-17(22-14-15)19-23-20(27)29-24-19/h1-2,4-7,14H,3,8-13H2,(H,23,24,27). The van der Waals surface area contributed by atoms with Crippen LogP contribution < -0.4 is 15.4 Å². The Bertz CT molecular complexity index is 980. The second-order valence-corrected chi connectivity index (χ2v) is 6.80. The van der Waals surface area contributed by atoms with Gasteiger partial charge in [-0.3, -0.25) is 14.4 Å². The SMILES string of the molecule is O=c1[nH]c(-c2ccc(OCCCN3CCN(c4ccccc4F)CC3)cn2)no1. The normalized spacial score (nSPS) is 14.9. The van der Waals surface area contributed by atoms with Gasteiger partial charge in [-0.1, -0.05) is 17.3 Å².